The van der Waals surface area contributed by atoms with Crippen LogP contribution in [-0.4, -0.2) is 26.0 Å². The van der Waals surface area contributed by atoms with Crippen LogP contribution in [0.25, 0.3) is 0 Å². The van der Waals surface area contributed by atoms with E-state index in [1.165, 1.54) is 0 Å². The summed E-state index contributed by atoms with van der Waals surface area (Å²) in [6.45, 7) is 0. The first kappa shape index (κ1) is 12.1. The smallest absolute Gasteiger partial charge is 0.452 e. The van der Waals surface area contributed by atoms with Crippen LogP contribution in [0.1, 0.15) is 25.1 Å². The first-order valence-corrected chi connectivity index (χ1v) is 5.53. The molecule has 0 spiro atoms. The molecule has 94 valence electrons. The van der Waals surface area contributed by atoms with E-state index in [4.69, 9.17) is 5.11 Å². The van der Waals surface area contributed by atoms with Crippen molar-refractivity contribution in [3.05, 3.63) is 5.82 Å². The number of halogens is 3. The van der Waals surface area contributed by atoms with E-state index in [-0.39, 0.29) is 5.13 Å². The van der Waals surface area contributed by atoms with E-state index < -0.39 is 23.5 Å². The topological polar surface area (TPSA) is 75.1 Å². The summed E-state index contributed by atoms with van der Waals surface area (Å²) in [4.78, 5) is 14.2. The molecule has 1 heterocycles. The quantitative estimate of drug-likeness (QED) is 0.875. The lowest BCUT2D eigenvalue weighted by Gasteiger charge is -2.37. The molecule has 9 heteroatoms. The van der Waals surface area contributed by atoms with Gasteiger partial charge >= 0.3 is 12.1 Å². The first-order chi connectivity index (χ1) is 7.83. The van der Waals surface area contributed by atoms with Crippen molar-refractivity contribution in [1.29, 1.82) is 0 Å². The summed E-state index contributed by atoms with van der Waals surface area (Å²) in [6, 6.07) is 0. The maximum absolute atomic E-state index is 12.2. The van der Waals surface area contributed by atoms with Gasteiger partial charge < -0.3 is 10.4 Å². The Kier molecular flexibility index (Phi) is 2.72. The van der Waals surface area contributed by atoms with Crippen LogP contribution < -0.4 is 5.32 Å². The minimum absolute atomic E-state index is 0.112. The lowest BCUT2D eigenvalue weighted by Crippen LogP contribution is -2.52. The van der Waals surface area contributed by atoms with Crippen molar-refractivity contribution in [3.8, 4) is 0 Å². The molecule has 1 aromatic heterocycles. The van der Waals surface area contributed by atoms with Crippen molar-refractivity contribution in [3.63, 3.8) is 0 Å². The van der Waals surface area contributed by atoms with Gasteiger partial charge in [0.25, 0.3) is 0 Å². The fourth-order valence-corrected chi connectivity index (χ4v) is 2.20. The van der Waals surface area contributed by atoms with Crippen LogP contribution in [0, 0.1) is 0 Å². The zero-order chi connectivity index (χ0) is 12.7. The second-order valence-electron chi connectivity index (χ2n) is 3.79. The van der Waals surface area contributed by atoms with Crippen LogP contribution in [-0.2, 0) is 11.0 Å². The molecule has 0 atom stereocenters. The van der Waals surface area contributed by atoms with Crippen LogP contribution in [0.5, 0.6) is 0 Å². The Morgan fingerprint density at radius 3 is 2.47 bits per heavy atom. The van der Waals surface area contributed by atoms with E-state index in [0.29, 0.717) is 24.4 Å². The number of aliphatic carboxylic acids is 1. The Morgan fingerprint density at radius 2 is 2.12 bits per heavy atom. The molecule has 0 amide bonds. The van der Waals surface area contributed by atoms with Crippen LogP contribution in [0.15, 0.2) is 0 Å². The molecule has 1 aromatic rings. The van der Waals surface area contributed by atoms with Gasteiger partial charge in [0.2, 0.25) is 11.0 Å². The molecule has 0 unspecified atom stereocenters. The molecule has 0 aliphatic heterocycles. The fraction of sp³-hybridized carbons (Fsp3) is 0.625. The highest BCUT2D eigenvalue weighted by molar-refractivity contribution is 7.09. The Morgan fingerprint density at radius 1 is 1.47 bits per heavy atom. The van der Waals surface area contributed by atoms with Gasteiger partial charge in [-0.1, -0.05) is 0 Å². The standard InChI is InChI=1S/C8H8F3N3O2S/c9-8(10,11)4-12-6(17-14-4)13-7(5(15)16)2-1-3-7/h1-3H2,(H,15,16)(H,12,13,14). The molecule has 1 aliphatic rings. The second-order valence-corrected chi connectivity index (χ2v) is 4.54. The number of rotatable bonds is 3. The van der Waals surface area contributed by atoms with E-state index in [1.807, 2.05) is 0 Å². The summed E-state index contributed by atoms with van der Waals surface area (Å²) in [7, 11) is 0. The molecule has 0 saturated heterocycles. The van der Waals surface area contributed by atoms with Crippen LogP contribution in [0.4, 0.5) is 18.3 Å². The number of nitrogens with one attached hydrogen (secondary N) is 1. The van der Waals surface area contributed by atoms with Crippen LogP contribution >= 0.6 is 11.5 Å². The van der Waals surface area contributed by atoms with Gasteiger partial charge in [0, 0.05) is 11.5 Å². The number of carbonyl (C=O) groups is 1. The summed E-state index contributed by atoms with van der Waals surface area (Å²) >= 11 is 0.514. The molecule has 17 heavy (non-hydrogen) atoms. The third-order valence-electron chi connectivity index (χ3n) is 2.64. The van der Waals surface area contributed by atoms with Gasteiger partial charge in [-0.05, 0) is 19.3 Å². The van der Waals surface area contributed by atoms with E-state index in [2.05, 4.69) is 14.7 Å². The van der Waals surface area contributed by atoms with Gasteiger partial charge in [0.15, 0.2) is 0 Å². The van der Waals surface area contributed by atoms with Crippen molar-refractivity contribution in [2.45, 2.75) is 31.0 Å². The molecule has 0 radical (unpaired) electrons. The highest BCUT2D eigenvalue weighted by atomic mass is 32.1. The summed E-state index contributed by atoms with van der Waals surface area (Å²) in [6.07, 6.45) is -3.12. The van der Waals surface area contributed by atoms with Crippen molar-refractivity contribution in [1.82, 2.24) is 9.36 Å². The van der Waals surface area contributed by atoms with Gasteiger partial charge in [0.05, 0.1) is 0 Å². The summed E-state index contributed by atoms with van der Waals surface area (Å²) in [5, 5.41) is 11.4. The van der Waals surface area contributed by atoms with Crippen molar-refractivity contribution in [2.75, 3.05) is 5.32 Å². The number of carboxylic acids is 1. The van der Waals surface area contributed by atoms with Gasteiger partial charge in [-0.3, -0.25) is 0 Å². The third kappa shape index (κ3) is 2.19. The second kappa shape index (κ2) is 3.83. The Labute approximate surface area is 97.8 Å². The first-order valence-electron chi connectivity index (χ1n) is 4.76. The Bertz CT molecular complexity index is 441. The summed E-state index contributed by atoms with van der Waals surface area (Å²) < 4.78 is 39.8. The average molecular weight is 267 g/mol. The number of anilines is 1. The van der Waals surface area contributed by atoms with E-state index >= 15 is 0 Å². The van der Waals surface area contributed by atoms with Crippen LogP contribution in [0.2, 0.25) is 0 Å². The third-order valence-corrected chi connectivity index (χ3v) is 3.27. The lowest BCUT2D eigenvalue weighted by atomic mass is 9.77. The number of alkyl halides is 3. The molecular formula is C8H8F3N3O2S. The number of nitrogens with zero attached hydrogens (tertiary/aromatic N) is 2. The molecule has 0 bridgehead atoms. The fourth-order valence-electron chi connectivity index (χ4n) is 1.52. The zero-order valence-electron chi connectivity index (χ0n) is 8.41. The number of carboxylic acid groups (broad SMARTS) is 1. The maximum atomic E-state index is 12.2. The lowest BCUT2D eigenvalue weighted by molar-refractivity contribution is -0.145. The normalized spacial score (nSPS) is 18.5. The zero-order valence-corrected chi connectivity index (χ0v) is 9.23. The molecule has 1 saturated carbocycles. The molecule has 2 N–H and O–H groups in total. The Balaban J connectivity index is 2.14. The Hall–Kier alpha value is -1.38. The van der Waals surface area contributed by atoms with E-state index in [1.54, 1.807) is 0 Å². The maximum Gasteiger partial charge on any atom is 0.452 e. The minimum Gasteiger partial charge on any atom is -0.480 e. The average Bonchev–Trinajstić information content (AvgIpc) is 2.57. The number of hydrogen-bond donors (Lipinski definition) is 2. The van der Waals surface area contributed by atoms with Crippen LogP contribution in [0.3, 0.4) is 0 Å². The molecule has 2 rings (SSSR count). The largest absolute Gasteiger partial charge is 0.480 e. The summed E-state index contributed by atoms with van der Waals surface area (Å²) in [5.74, 6) is -2.32. The van der Waals surface area contributed by atoms with E-state index in [9.17, 15) is 18.0 Å². The SMILES string of the molecule is O=C(O)C1(Nc2nc(C(F)(F)F)ns2)CCC1. The van der Waals surface area contributed by atoms with Gasteiger partial charge in [0.1, 0.15) is 5.54 Å². The molecular weight excluding hydrogens is 259 g/mol. The van der Waals surface area contributed by atoms with Crippen molar-refractivity contribution >= 4 is 22.6 Å². The summed E-state index contributed by atoms with van der Waals surface area (Å²) in [5.41, 5.74) is -1.18. The minimum atomic E-state index is -4.60. The van der Waals surface area contributed by atoms with Gasteiger partial charge in [-0.2, -0.15) is 22.5 Å². The molecule has 1 aliphatic carbocycles. The highest BCUT2D eigenvalue weighted by Crippen LogP contribution is 2.37. The predicted octanol–water partition coefficient (Wildman–Crippen LogP) is 1.98. The molecule has 0 aromatic carbocycles. The predicted molar refractivity (Wildman–Crippen MR) is 52.8 cm³/mol. The van der Waals surface area contributed by atoms with Crippen molar-refractivity contribution < 1.29 is 23.1 Å². The van der Waals surface area contributed by atoms with E-state index in [0.717, 1.165) is 6.42 Å². The molecule has 1 fully saturated rings. The van der Waals surface area contributed by atoms with Gasteiger partial charge in [-0.25, -0.2) is 4.79 Å². The highest BCUT2D eigenvalue weighted by Gasteiger charge is 2.45. The number of aromatic nitrogens is 2. The monoisotopic (exact) mass is 267 g/mol. The van der Waals surface area contributed by atoms with Gasteiger partial charge in [-0.15, -0.1) is 0 Å². The molecule has 5 nitrogen and oxygen atoms in total. The van der Waals surface area contributed by atoms with Crippen molar-refractivity contribution in [2.24, 2.45) is 0 Å². The number of hydrogen-bond acceptors (Lipinski definition) is 5.